The van der Waals surface area contributed by atoms with Gasteiger partial charge in [0.05, 0.1) is 16.5 Å². The lowest BCUT2D eigenvalue weighted by atomic mass is 10.2. The Hall–Kier alpha value is -0.330. The maximum atomic E-state index is 12.2. The molecule has 1 aromatic rings. The molecule has 1 N–H and O–H groups in total. The third kappa shape index (κ3) is 3.16. The Morgan fingerprint density at radius 1 is 1.33 bits per heavy atom. The first-order valence-electron chi connectivity index (χ1n) is 5.69. The number of nitrogens with zero attached hydrogens (tertiary/aromatic N) is 2. The van der Waals surface area contributed by atoms with E-state index in [0.717, 1.165) is 13.1 Å². The molecular weight excluding hydrogens is 295 g/mol. The number of hydrogen-bond acceptors (Lipinski definition) is 4. The molecule has 1 aliphatic heterocycles. The highest BCUT2D eigenvalue weighted by Gasteiger charge is 2.24. The van der Waals surface area contributed by atoms with Crippen LogP contribution in [0.4, 0.5) is 0 Å². The summed E-state index contributed by atoms with van der Waals surface area (Å²) in [6, 6.07) is 1.62. The molecule has 0 bridgehead atoms. The highest BCUT2D eigenvalue weighted by Crippen LogP contribution is 2.32. The van der Waals surface area contributed by atoms with Crippen LogP contribution in [0.25, 0.3) is 0 Å². The fourth-order valence-electron chi connectivity index (χ4n) is 1.97. The number of piperazine rings is 1. The number of aliphatic hydroxyl groups excluding tert-OH is 1. The van der Waals surface area contributed by atoms with Crippen LogP contribution < -0.4 is 0 Å². The Bertz CT molecular complexity index is 431. The summed E-state index contributed by atoms with van der Waals surface area (Å²) in [5, 5.41) is 8.86. The average molecular weight is 309 g/mol. The fourth-order valence-corrected chi connectivity index (χ4v) is 3.42. The van der Waals surface area contributed by atoms with Crippen molar-refractivity contribution in [3.8, 4) is 0 Å². The van der Waals surface area contributed by atoms with Crippen LogP contribution in [0.2, 0.25) is 8.67 Å². The van der Waals surface area contributed by atoms with Gasteiger partial charge in [0.25, 0.3) is 5.91 Å². The summed E-state index contributed by atoms with van der Waals surface area (Å²) in [6.45, 7) is 3.68. The molecule has 2 heterocycles. The van der Waals surface area contributed by atoms with Crippen LogP contribution in [0.1, 0.15) is 10.4 Å². The summed E-state index contributed by atoms with van der Waals surface area (Å²) >= 11 is 13.0. The molecule has 7 heteroatoms. The van der Waals surface area contributed by atoms with Crippen LogP contribution in [0, 0.1) is 0 Å². The molecule has 0 saturated carbocycles. The van der Waals surface area contributed by atoms with Gasteiger partial charge in [-0.2, -0.15) is 0 Å². The minimum absolute atomic E-state index is 0.0631. The molecule has 0 atom stereocenters. The van der Waals surface area contributed by atoms with Gasteiger partial charge in [-0.15, -0.1) is 11.3 Å². The number of carbonyl (C=O) groups is 1. The van der Waals surface area contributed by atoms with Crippen molar-refractivity contribution in [3.05, 3.63) is 20.3 Å². The van der Waals surface area contributed by atoms with Crippen molar-refractivity contribution in [3.63, 3.8) is 0 Å². The van der Waals surface area contributed by atoms with E-state index in [4.69, 9.17) is 28.3 Å². The molecule has 4 nitrogen and oxygen atoms in total. The summed E-state index contributed by atoms with van der Waals surface area (Å²) in [5.41, 5.74) is 0.488. The molecule has 0 radical (unpaired) electrons. The van der Waals surface area contributed by atoms with Crippen molar-refractivity contribution in [2.75, 3.05) is 39.3 Å². The van der Waals surface area contributed by atoms with Gasteiger partial charge in [-0.05, 0) is 6.07 Å². The van der Waals surface area contributed by atoms with Crippen LogP contribution in [-0.2, 0) is 0 Å². The van der Waals surface area contributed by atoms with Crippen molar-refractivity contribution in [2.45, 2.75) is 0 Å². The first-order valence-corrected chi connectivity index (χ1v) is 7.26. The van der Waals surface area contributed by atoms with E-state index in [9.17, 15) is 4.79 Å². The van der Waals surface area contributed by atoms with Crippen LogP contribution >= 0.6 is 34.5 Å². The minimum atomic E-state index is -0.0631. The maximum absolute atomic E-state index is 12.2. The third-order valence-corrected chi connectivity index (χ3v) is 4.45. The molecule has 0 aliphatic carbocycles. The normalized spacial score (nSPS) is 17.2. The topological polar surface area (TPSA) is 43.8 Å². The third-order valence-electron chi connectivity index (χ3n) is 2.96. The average Bonchev–Trinajstić information content (AvgIpc) is 2.69. The highest BCUT2D eigenvalue weighted by molar-refractivity contribution is 7.20. The Labute approximate surface area is 120 Å². The zero-order valence-corrected chi connectivity index (χ0v) is 12.1. The van der Waals surface area contributed by atoms with Gasteiger partial charge in [0.2, 0.25) is 0 Å². The number of rotatable bonds is 3. The standard InChI is InChI=1S/C11H14Cl2N2O2S/c12-9-7-8(10(13)18-9)11(17)15-3-1-14(2-4-15)5-6-16/h7,16H,1-6H2. The molecule has 1 saturated heterocycles. The van der Waals surface area contributed by atoms with E-state index < -0.39 is 0 Å². The lowest BCUT2D eigenvalue weighted by Gasteiger charge is -2.34. The zero-order chi connectivity index (χ0) is 13.1. The molecule has 1 aromatic heterocycles. The van der Waals surface area contributed by atoms with E-state index in [2.05, 4.69) is 4.90 Å². The summed E-state index contributed by atoms with van der Waals surface area (Å²) in [6.07, 6.45) is 0. The quantitative estimate of drug-likeness (QED) is 0.926. The molecular formula is C11H14Cl2N2O2S. The van der Waals surface area contributed by atoms with E-state index in [1.54, 1.807) is 11.0 Å². The second-order valence-corrected chi connectivity index (χ2v) is 6.38. The van der Waals surface area contributed by atoms with Gasteiger partial charge < -0.3 is 10.0 Å². The Morgan fingerprint density at radius 3 is 2.50 bits per heavy atom. The first-order chi connectivity index (χ1) is 8.61. The Balaban J connectivity index is 1.97. The summed E-state index contributed by atoms with van der Waals surface area (Å²) in [7, 11) is 0. The van der Waals surface area contributed by atoms with Gasteiger partial charge in [0, 0.05) is 32.7 Å². The van der Waals surface area contributed by atoms with E-state index in [0.29, 0.717) is 33.9 Å². The SMILES string of the molecule is O=C(c1cc(Cl)sc1Cl)N1CCN(CCO)CC1. The Morgan fingerprint density at radius 2 is 2.00 bits per heavy atom. The molecule has 1 aliphatic rings. The van der Waals surface area contributed by atoms with E-state index >= 15 is 0 Å². The molecule has 1 amide bonds. The lowest BCUT2D eigenvalue weighted by Crippen LogP contribution is -2.49. The van der Waals surface area contributed by atoms with Gasteiger partial charge >= 0.3 is 0 Å². The van der Waals surface area contributed by atoms with Crippen molar-refractivity contribution in [2.24, 2.45) is 0 Å². The maximum Gasteiger partial charge on any atom is 0.256 e. The van der Waals surface area contributed by atoms with Crippen LogP contribution in [0.15, 0.2) is 6.07 Å². The Kier molecular flexibility index (Phi) is 4.86. The molecule has 0 unspecified atom stereocenters. The van der Waals surface area contributed by atoms with Crippen LogP contribution in [0.5, 0.6) is 0 Å². The second kappa shape index (κ2) is 6.21. The van der Waals surface area contributed by atoms with E-state index in [1.165, 1.54) is 11.3 Å². The van der Waals surface area contributed by atoms with Crippen molar-refractivity contribution in [1.29, 1.82) is 0 Å². The molecule has 0 aromatic carbocycles. The molecule has 1 fully saturated rings. The highest BCUT2D eigenvalue weighted by atomic mass is 35.5. The monoisotopic (exact) mass is 308 g/mol. The number of hydrogen-bond donors (Lipinski definition) is 1. The predicted molar refractivity (Wildman–Crippen MR) is 73.8 cm³/mol. The molecule has 2 rings (SSSR count). The fraction of sp³-hybridized carbons (Fsp3) is 0.545. The largest absolute Gasteiger partial charge is 0.395 e. The van der Waals surface area contributed by atoms with Crippen molar-refractivity contribution in [1.82, 2.24) is 9.80 Å². The number of β-amino-alcohol motifs (C(OH)–C–C–N with tert-alkyl or cyclic N) is 1. The van der Waals surface area contributed by atoms with E-state index in [1.807, 2.05) is 0 Å². The van der Waals surface area contributed by atoms with Crippen molar-refractivity contribution < 1.29 is 9.90 Å². The number of carbonyl (C=O) groups excluding carboxylic acids is 1. The van der Waals surface area contributed by atoms with Crippen LogP contribution in [0.3, 0.4) is 0 Å². The second-order valence-electron chi connectivity index (χ2n) is 4.10. The summed E-state index contributed by atoms with van der Waals surface area (Å²) in [5.74, 6) is -0.0631. The molecule has 0 spiro atoms. The van der Waals surface area contributed by atoms with Gasteiger partial charge in [-0.1, -0.05) is 23.2 Å². The summed E-state index contributed by atoms with van der Waals surface area (Å²) < 4.78 is 0.977. The summed E-state index contributed by atoms with van der Waals surface area (Å²) in [4.78, 5) is 16.1. The number of thiophene rings is 1. The minimum Gasteiger partial charge on any atom is -0.395 e. The van der Waals surface area contributed by atoms with Gasteiger partial charge in [0.15, 0.2) is 0 Å². The van der Waals surface area contributed by atoms with Gasteiger partial charge in [-0.25, -0.2) is 0 Å². The van der Waals surface area contributed by atoms with Gasteiger partial charge in [-0.3, -0.25) is 9.69 Å². The van der Waals surface area contributed by atoms with Gasteiger partial charge in [0.1, 0.15) is 4.34 Å². The van der Waals surface area contributed by atoms with Crippen molar-refractivity contribution >= 4 is 40.4 Å². The predicted octanol–water partition coefficient (Wildman–Crippen LogP) is 1.81. The lowest BCUT2D eigenvalue weighted by molar-refractivity contribution is 0.0615. The van der Waals surface area contributed by atoms with E-state index in [-0.39, 0.29) is 12.5 Å². The first kappa shape index (κ1) is 14.1. The van der Waals surface area contributed by atoms with Crippen LogP contribution in [-0.4, -0.2) is 60.1 Å². The number of amides is 1. The molecule has 100 valence electrons. The smallest absolute Gasteiger partial charge is 0.256 e. The zero-order valence-electron chi connectivity index (χ0n) is 9.73. The number of aliphatic hydroxyl groups is 1. The number of halogens is 2. The molecule has 18 heavy (non-hydrogen) atoms.